The van der Waals surface area contributed by atoms with E-state index in [-0.39, 0.29) is 0 Å². The lowest BCUT2D eigenvalue weighted by Gasteiger charge is -2.12. The average Bonchev–Trinajstić information content (AvgIpc) is 1.96. The van der Waals surface area contributed by atoms with Gasteiger partial charge in [0.25, 0.3) is 0 Å². The summed E-state index contributed by atoms with van der Waals surface area (Å²) in [7, 11) is 0. The van der Waals surface area contributed by atoms with Gasteiger partial charge in [0.1, 0.15) is 6.04 Å². The summed E-state index contributed by atoms with van der Waals surface area (Å²) in [6.45, 7) is 0.449. The molecule has 3 amide bonds. The number of carbonyl (C=O) groups is 2. The number of carbonyl (C=O) groups excluding carboxylic acids is 2. The van der Waals surface area contributed by atoms with E-state index in [1.165, 1.54) is 0 Å². The topological polar surface area (TPSA) is 124 Å². The van der Waals surface area contributed by atoms with Gasteiger partial charge in [0.15, 0.2) is 0 Å². The minimum absolute atomic E-state index is 0.425. The summed E-state index contributed by atoms with van der Waals surface area (Å²) in [4.78, 5) is 21.0. The molecule has 0 radical (unpaired) electrons. The SMILES string of the molecule is NCCCC(NC(N)=O)C(N)=O. The first-order valence-corrected chi connectivity index (χ1v) is 3.63. The number of rotatable bonds is 5. The maximum absolute atomic E-state index is 10.7. The predicted octanol–water partition coefficient (Wildman–Crippen LogP) is -1.75. The van der Waals surface area contributed by atoms with E-state index in [1.54, 1.807) is 0 Å². The van der Waals surface area contributed by atoms with Gasteiger partial charge < -0.3 is 22.5 Å². The Bertz CT molecular complexity index is 171. The van der Waals surface area contributed by atoms with Crippen LogP contribution in [0.5, 0.6) is 0 Å². The van der Waals surface area contributed by atoms with Crippen LogP contribution in [0, 0.1) is 0 Å². The van der Waals surface area contributed by atoms with Crippen molar-refractivity contribution in [3.63, 3.8) is 0 Å². The highest BCUT2D eigenvalue weighted by molar-refractivity contribution is 5.85. The quantitative estimate of drug-likeness (QED) is 0.395. The molecule has 0 aromatic rings. The summed E-state index contributed by atoms with van der Waals surface area (Å²) in [6, 6.07) is -1.46. The van der Waals surface area contributed by atoms with E-state index in [9.17, 15) is 9.59 Å². The highest BCUT2D eigenvalue weighted by Gasteiger charge is 2.15. The van der Waals surface area contributed by atoms with E-state index >= 15 is 0 Å². The summed E-state index contributed by atoms with van der Waals surface area (Å²) in [5, 5.41) is 2.22. The number of hydrogen-bond acceptors (Lipinski definition) is 3. The number of primary amides is 2. The minimum Gasteiger partial charge on any atom is -0.368 e. The molecule has 0 saturated heterocycles. The summed E-state index contributed by atoms with van der Waals surface area (Å²) < 4.78 is 0. The van der Waals surface area contributed by atoms with Gasteiger partial charge in [0.05, 0.1) is 0 Å². The van der Waals surface area contributed by atoms with Crippen molar-refractivity contribution in [2.24, 2.45) is 17.2 Å². The van der Waals surface area contributed by atoms with Gasteiger partial charge in [-0.15, -0.1) is 0 Å². The molecule has 70 valence electrons. The normalized spacial score (nSPS) is 12.1. The third kappa shape index (κ3) is 4.51. The lowest BCUT2D eigenvalue weighted by Crippen LogP contribution is -2.46. The van der Waals surface area contributed by atoms with Gasteiger partial charge in [-0.2, -0.15) is 0 Å². The van der Waals surface area contributed by atoms with E-state index in [2.05, 4.69) is 5.32 Å². The van der Waals surface area contributed by atoms with Crippen molar-refractivity contribution in [2.75, 3.05) is 6.54 Å². The minimum atomic E-state index is -0.754. The Hall–Kier alpha value is -1.30. The number of nitrogens with two attached hydrogens (primary N) is 3. The maximum Gasteiger partial charge on any atom is 0.312 e. The lowest BCUT2D eigenvalue weighted by atomic mass is 10.1. The maximum atomic E-state index is 10.7. The monoisotopic (exact) mass is 174 g/mol. The number of hydrogen-bond donors (Lipinski definition) is 4. The van der Waals surface area contributed by atoms with Crippen LogP contribution in [0.4, 0.5) is 4.79 Å². The second-order valence-electron chi connectivity index (χ2n) is 2.39. The summed E-state index contributed by atoms with van der Waals surface area (Å²) in [6.07, 6.45) is 1.04. The van der Waals surface area contributed by atoms with E-state index in [4.69, 9.17) is 17.2 Å². The van der Waals surface area contributed by atoms with Crippen LogP contribution in [-0.2, 0) is 4.79 Å². The summed E-state index contributed by atoms with van der Waals surface area (Å²) >= 11 is 0. The Morgan fingerprint density at radius 2 is 1.92 bits per heavy atom. The summed E-state index contributed by atoms with van der Waals surface area (Å²) in [5.74, 6) is -0.595. The van der Waals surface area contributed by atoms with Gasteiger partial charge in [0, 0.05) is 0 Å². The molecule has 12 heavy (non-hydrogen) atoms. The molecule has 0 rings (SSSR count). The van der Waals surface area contributed by atoms with Crippen molar-refractivity contribution < 1.29 is 9.59 Å². The number of amides is 3. The van der Waals surface area contributed by atoms with Gasteiger partial charge in [-0.05, 0) is 19.4 Å². The molecular weight excluding hydrogens is 160 g/mol. The van der Waals surface area contributed by atoms with Crippen molar-refractivity contribution in [1.29, 1.82) is 0 Å². The van der Waals surface area contributed by atoms with Crippen molar-refractivity contribution in [1.82, 2.24) is 5.32 Å². The molecule has 0 aliphatic carbocycles. The Kier molecular flexibility index (Phi) is 4.78. The Labute approximate surface area is 70.5 Å². The molecule has 0 heterocycles. The van der Waals surface area contributed by atoms with Crippen LogP contribution in [-0.4, -0.2) is 24.5 Å². The molecule has 0 saturated carbocycles. The molecule has 1 unspecified atom stereocenters. The summed E-state index contributed by atoms with van der Waals surface area (Å²) in [5.41, 5.74) is 15.0. The Morgan fingerprint density at radius 1 is 1.33 bits per heavy atom. The molecule has 0 fully saturated rings. The van der Waals surface area contributed by atoms with Gasteiger partial charge in [-0.25, -0.2) is 4.79 Å². The molecule has 0 aliphatic rings. The molecule has 0 spiro atoms. The number of urea groups is 1. The second kappa shape index (κ2) is 5.36. The van der Waals surface area contributed by atoms with Gasteiger partial charge in [0.2, 0.25) is 5.91 Å². The first-order valence-electron chi connectivity index (χ1n) is 3.63. The third-order valence-corrected chi connectivity index (χ3v) is 1.36. The molecule has 1 atom stereocenters. The van der Waals surface area contributed by atoms with Crippen LogP contribution in [0.3, 0.4) is 0 Å². The first-order chi connectivity index (χ1) is 5.57. The Morgan fingerprint density at radius 3 is 2.25 bits per heavy atom. The fraction of sp³-hybridized carbons (Fsp3) is 0.667. The molecule has 0 aromatic heterocycles. The molecule has 0 aliphatic heterocycles. The molecule has 6 heteroatoms. The van der Waals surface area contributed by atoms with Crippen LogP contribution >= 0.6 is 0 Å². The zero-order valence-electron chi connectivity index (χ0n) is 6.75. The van der Waals surface area contributed by atoms with Crippen LogP contribution in [0.1, 0.15) is 12.8 Å². The third-order valence-electron chi connectivity index (χ3n) is 1.36. The molecule has 0 aromatic carbocycles. The van der Waals surface area contributed by atoms with Crippen LogP contribution < -0.4 is 22.5 Å². The fourth-order valence-electron chi connectivity index (χ4n) is 0.779. The van der Waals surface area contributed by atoms with Crippen molar-refractivity contribution in [3.8, 4) is 0 Å². The molecule has 6 nitrogen and oxygen atoms in total. The lowest BCUT2D eigenvalue weighted by molar-refractivity contribution is -0.119. The van der Waals surface area contributed by atoms with Gasteiger partial charge in [-0.1, -0.05) is 0 Å². The van der Waals surface area contributed by atoms with Gasteiger partial charge >= 0.3 is 6.03 Å². The van der Waals surface area contributed by atoms with Crippen molar-refractivity contribution >= 4 is 11.9 Å². The van der Waals surface area contributed by atoms with E-state index in [0.29, 0.717) is 19.4 Å². The smallest absolute Gasteiger partial charge is 0.312 e. The van der Waals surface area contributed by atoms with E-state index in [0.717, 1.165) is 0 Å². The van der Waals surface area contributed by atoms with E-state index in [1.807, 2.05) is 0 Å². The predicted molar refractivity (Wildman–Crippen MR) is 44.0 cm³/mol. The fourth-order valence-corrected chi connectivity index (χ4v) is 0.779. The standard InChI is InChI=1S/C6H14N4O2/c7-3-1-2-4(5(8)11)10-6(9)12/h4H,1-3,7H2,(H2,8,11)(H3,9,10,12). The zero-order valence-corrected chi connectivity index (χ0v) is 6.75. The first kappa shape index (κ1) is 10.7. The number of nitrogens with one attached hydrogen (secondary N) is 1. The van der Waals surface area contributed by atoms with Crippen molar-refractivity contribution in [2.45, 2.75) is 18.9 Å². The highest BCUT2D eigenvalue weighted by Crippen LogP contribution is 1.94. The van der Waals surface area contributed by atoms with Crippen LogP contribution in [0.2, 0.25) is 0 Å². The van der Waals surface area contributed by atoms with E-state index < -0.39 is 18.0 Å². The van der Waals surface area contributed by atoms with Gasteiger partial charge in [-0.3, -0.25) is 4.79 Å². The zero-order chi connectivity index (χ0) is 9.56. The second-order valence-corrected chi connectivity index (χ2v) is 2.39. The van der Waals surface area contributed by atoms with Crippen LogP contribution in [0.15, 0.2) is 0 Å². The molecular formula is C6H14N4O2. The highest BCUT2D eigenvalue weighted by atomic mass is 16.2. The molecule has 7 N–H and O–H groups in total. The average molecular weight is 174 g/mol. The van der Waals surface area contributed by atoms with Crippen molar-refractivity contribution in [3.05, 3.63) is 0 Å². The van der Waals surface area contributed by atoms with Crippen LogP contribution in [0.25, 0.3) is 0 Å². The largest absolute Gasteiger partial charge is 0.368 e. The Balaban J connectivity index is 3.87. The molecule has 0 bridgehead atoms.